The van der Waals surface area contributed by atoms with E-state index < -0.39 is 5.82 Å². The molecule has 1 heterocycles. The van der Waals surface area contributed by atoms with Crippen LogP contribution in [0.3, 0.4) is 0 Å². The van der Waals surface area contributed by atoms with Crippen molar-refractivity contribution in [2.45, 2.75) is 38.6 Å². The van der Waals surface area contributed by atoms with E-state index in [-0.39, 0.29) is 17.0 Å². The largest absolute Gasteiger partial charge is 0.323 e. The Balaban J connectivity index is 1.99. The number of likely N-dealkylation sites (tertiary alicyclic amines) is 1. The summed E-state index contributed by atoms with van der Waals surface area (Å²) in [6, 6.07) is 3.78. The Labute approximate surface area is 124 Å². The van der Waals surface area contributed by atoms with Gasteiger partial charge in [0.05, 0.1) is 16.8 Å². The maximum atomic E-state index is 13.0. The van der Waals surface area contributed by atoms with Gasteiger partial charge in [-0.2, -0.15) is 0 Å². The van der Waals surface area contributed by atoms with Crippen LogP contribution in [0.2, 0.25) is 5.02 Å². The average Bonchev–Trinajstić information content (AvgIpc) is 2.70. The van der Waals surface area contributed by atoms with Gasteiger partial charge in [0.1, 0.15) is 5.82 Å². The SMILES string of the molecule is CC(C(=O)Nc1ccc(F)cc1Cl)N1CCCCCC1. The predicted octanol–water partition coefficient (Wildman–Crippen LogP) is 3.68. The van der Waals surface area contributed by atoms with Gasteiger partial charge in [-0.1, -0.05) is 24.4 Å². The van der Waals surface area contributed by atoms with Crippen molar-refractivity contribution in [3.8, 4) is 0 Å². The Bertz CT molecular complexity index is 473. The highest BCUT2D eigenvalue weighted by atomic mass is 35.5. The molecule has 5 heteroatoms. The first-order chi connectivity index (χ1) is 9.58. The number of carbonyl (C=O) groups excluding carboxylic acids is 1. The third-order valence-corrected chi connectivity index (χ3v) is 4.07. The molecule has 1 amide bonds. The van der Waals surface area contributed by atoms with Crippen LogP contribution in [0.25, 0.3) is 0 Å². The first kappa shape index (κ1) is 15.3. The molecule has 1 aromatic rings. The quantitative estimate of drug-likeness (QED) is 0.923. The second-order valence-corrected chi connectivity index (χ2v) is 5.65. The molecule has 0 aromatic heterocycles. The van der Waals surface area contributed by atoms with E-state index in [1.54, 1.807) is 0 Å². The first-order valence-electron chi connectivity index (χ1n) is 7.08. The number of rotatable bonds is 3. The van der Waals surface area contributed by atoms with E-state index in [2.05, 4.69) is 10.2 Å². The summed E-state index contributed by atoms with van der Waals surface area (Å²) in [6.45, 7) is 3.80. The molecule has 1 fully saturated rings. The van der Waals surface area contributed by atoms with Gasteiger partial charge in [-0.15, -0.1) is 0 Å². The number of anilines is 1. The van der Waals surface area contributed by atoms with E-state index in [1.165, 1.54) is 31.0 Å². The van der Waals surface area contributed by atoms with Gasteiger partial charge < -0.3 is 5.32 Å². The number of nitrogens with one attached hydrogen (secondary N) is 1. The number of hydrogen-bond acceptors (Lipinski definition) is 2. The van der Waals surface area contributed by atoms with Crippen molar-refractivity contribution in [1.29, 1.82) is 0 Å². The van der Waals surface area contributed by atoms with Crippen LogP contribution in [0.4, 0.5) is 10.1 Å². The van der Waals surface area contributed by atoms with Gasteiger partial charge in [0, 0.05) is 0 Å². The van der Waals surface area contributed by atoms with Gasteiger partial charge in [-0.05, 0) is 51.1 Å². The molecule has 0 saturated carbocycles. The summed E-state index contributed by atoms with van der Waals surface area (Å²) in [4.78, 5) is 14.5. The van der Waals surface area contributed by atoms with Crippen LogP contribution < -0.4 is 5.32 Å². The molecule has 0 spiro atoms. The second kappa shape index (κ2) is 7.04. The standard InChI is InChI=1S/C15H20ClFN2O/c1-11(19-8-4-2-3-5-9-19)15(20)18-14-7-6-12(17)10-13(14)16/h6-7,10-11H,2-5,8-9H2,1H3,(H,18,20). The molecule has 1 aliphatic heterocycles. The average molecular weight is 299 g/mol. The molecular formula is C15H20ClFN2O. The Morgan fingerprint density at radius 3 is 2.55 bits per heavy atom. The van der Waals surface area contributed by atoms with Crippen LogP contribution in [-0.2, 0) is 4.79 Å². The van der Waals surface area contributed by atoms with Crippen molar-refractivity contribution >= 4 is 23.2 Å². The topological polar surface area (TPSA) is 32.3 Å². The number of hydrogen-bond donors (Lipinski definition) is 1. The number of amides is 1. The predicted molar refractivity (Wildman–Crippen MR) is 79.5 cm³/mol. The number of nitrogens with zero attached hydrogens (tertiary/aromatic N) is 1. The van der Waals surface area contributed by atoms with Crippen LogP contribution in [-0.4, -0.2) is 29.9 Å². The van der Waals surface area contributed by atoms with Crippen molar-refractivity contribution in [1.82, 2.24) is 4.90 Å². The Morgan fingerprint density at radius 1 is 1.30 bits per heavy atom. The van der Waals surface area contributed by atoms with Crippen LogP contribution >= 0.6 is 11.6 Å². The van der Waals surface area contributed by atoms with Gasteiger partial charge in [0.2, 0.25) is 5.91 Å². The van der Waals surface area contributed by atoms with E-state index in [4.69, 9.17) is 11.6 Å². The summed E-state index contributed by atoms with van der Waals surface area (Å²) in [7, 11) is 0. The summed E-state index contributed by atoms with van der Waals surface area (Å²) < 4.78 is 13.0. The zero-order valence-electron chi connectivity index (χ0n) is 11.7. The molecule has 1 aromatic carbocycles. The van der Waals surface area contributed by atoms with Crippen LogP contribution in [0, 0.1) is 5.82 Å². The molecule has 1 saturated heterocycles. The number of halogens is 2. The van der Waals surface area contributed by atoms with Crippen LogP contribution in [0.5, 0.6) is 0 Å². The van der Waals surface area contributed by atoms with E-state index in [0.717, 1.165) is 25.9 Å². The van der Waals surface area contributed by atoms with Crippen molar-refractivity contribution < 1.29 is 9.18 Å². The van der Waals surface area contributed by atoms with Gasteiger partial charge in [0.25, 0.3) is 0 Å². The Hall–Kier alpha value is -1.13. The van der Waals surface area contributed by atoms with Crippen molar-refractivity contribution in [2.75, 3.05) is 18.4 Å². The molecule has 0 radical (unpaired) electrons. The number of benzene rings is 1. The summed E-state index contributed by atoms with van der Waals surface area (Å²) in [6.07, 6.45) is 4.73. The molecule has 1 unspecified atom stereocenters. The Morgan fingerprint density at radius 2 is 1.95 bits per heavy atom. The van der Waals surface area contributed by atoms with E-state index in [0.29, 0.717) is 5.69 Å². The minimum Gasteiger partial charge on any atom is -0.323 e. The highest BCUT2D eigenvalue weighted by Gasteiger charge is 2.22. The fraction of sp³-hybridized carbons (Fsp3) is 0.533. The molecule has 110 valence electrons. The van der Waals surface area contributed by atoms with Gasteiger partial charge >= 0.3 is 0 Å². The maximum absolute atomic E-state index is 13.0. The molecule has 20 heavy (non-hydrogen) atoms. The molecular weight excluding hydrogens is 279 g/mol. The van der Waals surface area contributed by atoms with Gasteiger partial charge in [-0.25, -0.2) is 4.39 Å². The molecule has 2 rings (SSSR count). The van der Waals surface area contributed by atoms with Gasteiger partial charge in [-0.3, -0.25) is 9.69 Å². The molecule has 0 bridgehead atoms. The Kier molecular flexibility index (Phi) is 5.38. The normalized spacial score (nSPS) is 18.4. The molecule has 1 atom stereocenters. The fourth-order valence-corrected chi connectivity index (χ4v) is 2.69. The fourth-order valence-electron chi connectivity index (χ4n) is 2.48. The summed E-state index contributed by atoms with van der Waals surface area (Å²) in [5.41, 5.74) is 0.458. The van der Waals surface area contributed by atoms with Crippen molar-refractivity contribution in [2.24, 2.45) is 0 Å². The minimum atomic E-state index is -0.409. The second-order valence-electron chi connectivity index (χ2n) is 5.24. The van der Waals surface area contributed by atoms with Crippen LogP contribution in [0.1, 0.15) is 32.6 Å². The van der Waals surface area contributed by atoms with Crippen molar-refractivity contribution in [3.05, 3.63) is 29.0 Å². The maximum Gasteiger partial charge on any atom is 0.241 e. The highest BCUT2D eigenvalue weighted by Crippen LogP contribution is 2.23. The zero-order valence-corrected chi connectivity index (χ0v) is 12.4. The summed E-state index contributed by atoms with van der Waals surface area (Å²) in [5, 5.41) is 3.00. The van der Waals surface area contributed by atoms with E-state index in [9.17, 15) is 9.18 Å². The lowest BCUT2D eigenvalue weighted by Crippen LogP contribution is -2.42. The molecule has 1 aliphatic rings. The molecule has 3 nitrogen and oxygen atoms in total. The highest BCUT2D eigenvalue weighted by molar-refractivity contribution is 6.33. The third-order valence-electron chi connectivity index (χ3n) is 3.76. The van der Waals surface area contributed by atoms with E-state index >= 15 is 0 Å². The van der Waals surface area contributed by atoms with Crippen LogP contribution in [0.15, 0.2) is 18.2 Å². The lowest BCUT2D eigenvalue weighted by Gasteiger charge is -2.26. The summed E-state index contributed by atoms with van der Waals surface area (Å²) in [5.74, 6) is -0.506. The lowest BCUT2D eigenvalue weighted by atomic mass is 10.2. The monoisotopic (exact) mass is 298 g/mol. The smallest absolute Gasteiger partial charge is 0.241 e. The van der Waals surface area contributed by atoms with Crippen molar-refractivity contribution in [3.63, 3.8) is 0 Å². The number of carbonyl (C=O) groups is 1. The minimum absolute atomic E-state index is 0.0968. The summed E-state index contributed by atoms with van der Waals surface area (Å²) >= 11 is 5.92. The van der Waals surface area contributed by atoms with E-state index in [1.807, 2.05) is 6.92 Å². The first-order valence-corrected chi connectivity index (χ1v) is 7.45. The van der Waals surface area contributed by atoms with Gasteiger partial charge in [0.15, 0.2) is 0 Å². The lowest BCUT2D eigenvalue weighted by molar-refractivity contribution is -0.120. The third kappa shape index (κ3) is 3.93. The molecule has 0 aliphatic carbocycles. The zero-order chi connectivity index (χ0) is 14.5. The molecule has 1 N–H and O–H groups in total.